The number of guanidine groups is 1. The molecule has 37 heavy (non-hydrogen) atoms. The van der Waals surface area contributed by atoms with Crippen LogP contribution in [0.3, 0.4) is 0 Å². The zero-order valence-electron chi connectivity index (χ0n) is 21.4. The molecule has 2 aromatic rings. The molecule has 3 aliphatic rings. The maximum atomic E-state index is 13.8. The predicted molar refractivity (Wildman–Crippen MR) is 150 cm³/mol. The zero-order chi connectivity index (χ0) is 25.5. The lowest BCUT2D eigenvalue weighted by atomic mass is 10.0. The summed E-state index contributed by atoms with van der Waals surface area (Å²) in [4.78, 5) is 25.9. The molecule has 0 spiro atoms. The normalized spacial score (nSPS) is 21.8. The number of hydrogen-bond acceptors (Lipinski definition) is 10. The van der Waals surface area contributed by atoms with Crippen LogP contribution in [-0.2, 0) is 9.53 Å². The van der Waals surface area contributed by atoms with Gasteiger partial charge in [-0.25, -0.2) is 9.98 Å². The number of carbonyl (C=O) groups excluding carboxylic acids is 1. The number of anilines is 1. The molecule has 2 fully saturated rings. The molecular formula is C26H38N8O2S. The van der Waals surface area contributed by atoms with Gasteiger partial charge in [0.05, 0.1) is 22.5 Å². The molecule has 0 radical (unpaired) electrons. The number of nitrogens with two attached hydrogens (primary N) is 1. The van der Waals surface area contributed by atoms with E-state index in [1.807, 2.05) is 12.1 Å². The predicted octanol–water partition coefficient (Wildman–Crippen LogP) is 1.36. The SMILES string of the molecule is NCCNc1cccc2sc(C3=C(CNC4CCCNC4)CN=C(N4CCCOCCC4)NC3=O)nc12. The van der Waals surface area contributed by atoms with Crippen LogP contribution < -0.4 is 27.0 Å². The van der Waals surface area contributed by atoms with Crippen molar-refractivity contribution >= 4 is 44.7 Å². The number of aliphatic imine (C=N–C) groups is 1. The maximum Gasteiger partial charge on any atom is 0.261 e. The minimum atomic E-state index is -0.136. The highest BCUT2D eigenvalue weighted by molar-refractivity contribution is 7.20. The van der Waals surface area contributed by atoms with Crippen LogP contribution in [0.25, 0.3) is 15.8 Å². The summed E-state index contributed by atoms with van der Waals surface area (Å²) in [6.07, 6.45) is 4.11. The number of benzene rings is 1. The number of nitrogens with one attached hydrogen (secondary N) is 4. The Morgan fingerprint density at radius 2 is 2.08 bits per heavy atom. The average Bonchev–Trinajstić information content (AvgIpc) is 3.25. The Morgan fingerprint density at radius 1 is 1.22 bits per heavy atom. The fourth-order valence-corrected chi connectivity index (χ4v) is 6.11. The molecule has 3 aliphatic heterocycles. The largest absolute Gasteiger partial charge is 0.382 e. The van der Waals surface area contributed by atoms with Crippen LogP contribution in [0.15, 0.2) is 28.8 Å². The van der Waals surface area contributed by atoms with Gasteiger partial charge in [0.25, 0.3) is 5.91 Å². The molecule has 1 unspecified atom stereocenters. The summed E-state index contributed by atoms with van der Waals surface area (Å²) in [6.45, 7) is 7.36. The Balaban J connectivity index is 1.45. The van der Waals surface area contributed by atoms with Crippen molar-refractivity contribution < 1.29 is 9.53 Å². The number of hydrogen-bond donors (Lipinski definition) is 5. The van der Waals surface area contributed by atoms with E-state index >= 15 is 0 Å². The highest BCUT2D eigenvalue weighted by Crippen LogP contribution is 2.33. The molecule has 2 saturated heterocycles. The second-order valence-corrected chi connectivity index (χ2v) is 10.7. The van der Waals surface area contributed by atoms with Gasteiger partial charge < -0.3 is 31.3 Å². The Hall–Kier alpha value is -2.57. The Bertz CT molecular complexity index is 1130. The maximum absolute atomic E-state index is 13.8. The van der Waals surface area contributed by atoms with E-state index in [1.165, 1.54) is 0 Å². The third kappa shape index (κ3) is 6.47. The number of piperidine rings is 1. The van der Waals surface area contributed by atoms with E-state index in [2.05, 4.69) is 32.2 Å². The van der Waals surface area contributed by atoms with Gasteiger partial charge in [-0.2, -0.15) is 0 Å². The number of aromatic nitrogens is 1. The van der Waals surface area contributed by atoms with Crippen LogP contribution in [0.4, 0.5) is 5.69 Å². The molecule has 1 aromatic heterocycles. The van der Waals surface area contributed by atoms with Crippen LogP contribution in [0.1, 0.15) is 30.7 Å². The lowest BCUT2D eigenvalue weighted by molar-refractivity contribution is -0.114. The highest BCUT2D eigenvalue weighted by Gasteiger charge is 2.28. The van der Waals surface area contributed by atoms with E-state index in [4.69, 9.17) is 20.4 Å². The third-order valence-corrected chi connectivity index (χ3v) is 7.99. The van der Waals surface area contributed by atoms with Gasteiger partial charge in [-0.05, 0) is 49.9 Å². The first kappa shape index (κ1) is 26.1. The standard InChI is InChI=1S/C26H38N8O2S/c27-8-10-29-20-6-1-7-21-23(20)32-25(37-21)22-18(15-30-19-5-2-9-28-17-19)16-31-26(33-24(22)35)34-11-3-13-36-14-4-12-34/h1,6-7,19,28-30H,2-5,8-17,27H2,(H,31,33,35). The molecule has 11 heteroatoms. The first-order chi connectivity index (χ1) is 18.2. The topological polar surface area (TPSA) is 129 Å². The first-order valence-electron chi connectivity index (χ1n) is 13.4. The molecule has 4 heterocycles. The van der Waals surface area contributed by atoms with Gasteiger partial charge >= 0.3 is 0 Å². The highest BCUT2D eigenvalue weighted by atomic mass is 32.1. The van der Waals surface area contributed by atoms with Crippen LogP contribution in [0.2, 0.25) is 0 Å². The molecule has 1 aromatic carbocycles. The van der Waals surface area contributed by atoms with E-state index in [-0.39, 0.29) is 5.91 Å². The number of nitrogens with zero attached hydrogens (tertiary/aromatic N) is 3. The van der Waals surface area contributed by atoms with Crippen molar-refractivity contribution in [3.63, 3.8) is 0 Å². The van der Waals surface area contributed by atoms with Crippen molar-refractivity contribution in [3.8, 4) is 0 Å². The quantitative estimate of drug-likeness (QED) is 0.366. The average molecular weight is 527 g/mol. The minimum Gasteiger partial charge on any atom is -0.382 e. The van der Waals surface area contributed by atoms with Gasteiger partial charge in [0.15, 0.2) is 0 Å². The van der Waals surface area contributed by atoms with Crippen molar-refractivity contribution in [2.45, 2.75) is 31.7 Å². The molecule has 1 amide bonds. The molecule has 1 atom stereocenters. The molecule has 10 nitrogen and oxygen atoms in total. The lowest BCUT2D eigenvalue weighted by Gasteiger charge is -2.27. The van der Waals surface area contributed by atoms with E-state index in [0.29, 0.717) is 43.8 Å². The van der Waals surface area contributed by atoms with Crippen LogP contribution >= 0.6 is 11.3 Å². The summed E-state index contributed by atoms with van der Waals surface area (Å²) in [5, 5.41) is 14.4. The van der Waals surface area contributed by atoms with Crippen molar-refractivity contribution in [1.82, 2.24) is 25.8 Å². The summed E-state index contributed by atoms with van der Waals surface area (Å²) in [6, 6.07) is 6.45. The van der Waals surface area contributed by atoms with Gasteiger partial charge in [0, 0.05) is 58.5 Å². The third-order valence-electron chi connectivity index (χ3n) is 6.95. The number of rotatable bonds is 7. The second kappa shape index (κ2) is 12.8. The summed E-state index contributed by atoms with van der Waals surface area (Å²) in [5.41, 5.74) is 9.13. The first-order valence-corrected chi connectivity index (χ1v) is 14.2. The second-order valence-electron chi connectivity index (χ2n) is 9.69. The molecule has 200 valence electrons. The van der Waals surface area contributed by atoms with Crippen LogP contribution in [0.5, 0.6) is 0 Å². The number of para-hydroxylation sites is 1. The number of amides is 1. The van der Waals surface area contributed by atoms with Gasteiger partial charge in [0.2, 0.25) is 5.96 Å². The smallest absolute Gasteiger partial charge is 0.261 e. The molecule has 0 saturated carbocycles. The van der Waals surface area contributed by atoms with Crippen molar-refractivity contribution in [3.05, 3.63) is 28.8 Å². The summed E-state index contributed by atoms with van der Waals surface area (Å²) < 4.78 is 6.64. The van der Waals surface area contributed by atoms with Gasteiger partial charge in [-0.3, -0.25) is 10.1 Å². The minimum absolute atomic E-state index is 0.136. The zero-order valence-corrected chi connectivity index (χ0v) is 22.2. The number of fused-ring (bicyclic) bond motifs is 1. The van der Waals surface area contributed by atoms with E-state index in [0.717, 1.165) is 91.6 Å². The fraction of sp³-hybridized carbons (Fsp3) is 0.577. The summed E-state index contributed by atoms with van der Waals surface area (Å²) in [5.74, 6) is 0.522. The van der Waals surface area contributed by atoms with Crippen LogP contribution in [0, 0.1) is 0 Å². The number of carbonyl (C=O) groups is 1. The van der Waals surface area contributed by atoms with E-state index in [1.54, 1.807) is 11.3 Å². The van der Waals surface area contributed by atoms with Crippen molar-refractivity contribution in [2.24, 2.45) is 10.7 Å². The van der Waals surface area contributed by atoms with E-state index < -0.39 is 0 Å². The summed E-state index contributed by atoms with van der Waals surface area (Å²) >= 11 is 1.55. The summed E-state index contributed by atoms with van der Waals surface area (Å²) in [7, 11) is 0. The van der Waals surface area contributed by atoms with Crippen molar-refractivity contribution in [2.75, 3.05) is 70.9 Å². The Kier molecular flexibility index (Phi) is 9.01. The fourth-order valence-electron chi connectivity index (χ4n) is 5.02. The lowest BCUT2D eigenvalue weighted by Crippen LogP contribution is -2.45. The Labute approximate surface area is 222 Å². The van der Waals surface area contributed by atoms with Gasteiger partial charge in [-0.1, -0.05) is 6.07 Å². The molecular weight excluding hydrogens is 488 g/mol. The van der Waals surface area contributed by atoms with E-state index in [9.17, 15) is 4.79 Å². The van der Waals surface area contributed by atoms with Gasteiger partial charge in [-0.15, -0.1) is 11.3 Å². The monoisotopic (exact) mass is 526 g/mol. The van der Waals surface area contributed by atoms with Gasteiger partial charge in [0.1, 0.15) is 10.5 Å². The number of ether oxygens (including phenoxy) is 1. The number of thiazole rings is 1. The van der Waals surface area contributed by atoms with Crippen LogP contribution in [-0.4, -0.2) is 93.4 Å². The molecule has 6 N–H and O–H groups in total. The molecule has 0 bridgehead atoms. The molecule has 5 rings (SSSR count). The van der Waals surface area contributed by atoms with Crippen molar-refractivity contribution in [1.29, 1.82) is 0 Å². The molecule has 0 aliphatic carbocycles. The Morgan fingerprint density at radius 3 is 2.86 bits per heavy atom.